The number of aryl methyl sites for hydroxylation is 2. The van der Waals surface area contributed by atoms with Crippen LogP contribution in [-0.4, -0.2) is 16.3 Å². The van der Waals surface area contributed by atoms with E-state index < -0.39 is 0 Å². The topological polar surface area (TPSA) is 53.1 Å². The average molecular weight is 314 g/mol. The minimum atomic E-state index is 0.357. The van der Waals surface area contributed by atoms with Crippen molar-refractivity contribution in [1.29, 1.82) is 0 Å². The van der Waals surface area contributed by atoms with E-state index in [1.165, 1.54) is 0 Å². The Labute approximate surface area is 128 Å². The molecule has 0 atom stereocenters. The Balaban J connectivity index is 2.18. The summed E-state index contributed by atoms with van der Waals surface area (Å²) in [5, 5.41) is 5.58. The Morgan fingerprint density at radius 3 is 2.70 bits per heavy atom. The molecule has 2 N–H and O–H groups in total. The van der Waals surface area contributed by atoms with Crippen LogP contribution in [0.1, 0.15) is 17.0 Å². The van der Waals surface area contributed by atoms with Crippen molar-refractivity contribution >= 4 is 23.2 Å². The fourth-order valence-electron chi connectivity index (χ4n) is 2.02. The molecule has 0 spiro atoms. The molecular formula is C14H17Cl2N3O. The molecule has 0 aliphatic heterocycles. The SMILES string of the molecule is Cc1nn(C)c(COc2ccc(Cl)cc2CCN)c1Cl. The first-order valence-corrected chi connectivity index (χ1v) is 7.07. The standard InChI is InChI=1S/C14H17Cl2N3O/c1-9-14(16)12(19(2)18-9)8-20-13-4-3-11(15)7-10(13)5-6-17/h3-4,7H,5-6,8,17H2,1-2H3. The number of nitrogens with two attached hydrogens (primary N) is 1. The second-order valence-corrected chi connectivity index (χ2v) is 5.36. The third kappa shape index (κ3) is 3.26. The first kappa shape index (κ1) is 15.2. The van der Waals surface area contributed by atoms with Gasteiger partial charge < -0.3 is 10.5 Å². The number of halogens is 2. The van der Waals surface area contributed by atoms with Crippen LogP contribution in [0.3, 0.4) is 0 Å². The fraction of sp³-hybridized carbons (Fsp3) is 0.357. The highest BCUT2D eigenvalue weighted by Crippen LogP contribution is 2.26. The zero-order valence-electron chi connectivity index (χ0n) is 11.5. The van der Waals surface area contributed by atoms with Crippen LogP contribution in [0.25, 0.3) is 0 Å². The largest absolute Gasteiger partial charge is 0.487 e. The predicted molar refractivity (Wildman–Crippen MR) is 81.5 cm³/mol. The van der Waals surface area contributed by atoms with E-state index >= 15 is 0 Å². The van der Waals surface area contributed by atoms with E-state index in [2.05, 4.69) is 5.10 Å². The molecule has 1 heterocycles. The summed E-state index contributed by atoms with van der Waals surface area (Å²) in [6.45, 7) is 2.77. The second kappa shape index (κ2) is 6.48. The van der Waals surface area contributed by atoms with Crippen molar-refractivity contribution in [3.63, 3.8) is 0 Å². The molecule has 0 saturated heterocycles. The van der Waals surface area contributed by atoms with Gasteiger partial charge in [-0.1, -0.05) is 23.2 Å². The van der Waals surface area contributed by atoms with Crippen molar-refractivity contribution < 1.29 is 4.74 Å². The number of rotatable bonds is 5. The van der Waals surface area contributed by atoms with Crippen molar-refractivity contribution in [3.05, 3.63) is 45.2 Å². The molecule has 6 heteroatoms. The number of benzene rings is 1. The summed E-state index contributed by atoms with van der Waals surface area (Å²) >= 11 is 12.2. The van der Waals surface area contributed by atoms with Crippen LogP contribution in [-0.2, 0) is 20.1 Å². The summed E-state index contributed by atoms with van der Waals surface area (Å²) < 4.78 is 7.58. The summed E-state index contributed by atoms with van der Waals surface area (Å²) in [6.07, 6.45) is 0.716. The lowest BCUT2D eigenvalue weighted by Gasteiger charge is -2.12. The first-order valence-electron chi connectivity index (χ1n) is 6.32. The van der Waals surface area contributed by atoms with Gasteiger partial charge in [0.1, 0.15) is 12.4 Å². The lowest BCUT2D eigenvalue weighted by molar-refractivity contribution is 0.292. The average Bonchev–Trinajstić information content (AvgIpc) is 2.64. The third-order valence-corrected chi connectivity index (χ3v) is 3.79. The number of aromatic nitrogens is 2. The number of ether oxygens (including phenoxy) is 1. The van der Waals surface area contributed by atoms with Crippen molar-refractivity contribution in [2.45, 2.75) is 20.0 Å². The van der Waals surface area contributed by atoms with E-state index in [4.69, 9.17) is 33.7 Å². The van der Waals surface area contributed by atoms with E-state index in [0.717, 1.165) is 22.7 Å². The molecule has 0 bridgehead atoms. The van der Waals surface area contributed by atoms with Gasteiger partial charge in [0.15, 0.2) is 0 Å². The van der Waals surface area contributed by atoms with Crippen molar-refractivity contribution in [1.82, 2.24) is 9.78 Å². The highest BCUT2D eigenvalue weighted by atomic mass is 35.5. The van der Waals surface area contributed by atoms with Gasteiger partial charge in [-0.25, -0.2) is 0 Å². The number of hydrogen-bond acceptors (Lipinski definition) is 3. The monoisotopic (exact) mass is 313 g/mol. The maximum absolute atomic E-state index is 6.20. The molecule has 0 amide bonds. The van der Waals surface area contributed by atoms with Crippen molar-refractivity contribution in [3.8, 4) is 5.75 Å². The van der Waals surface area contributed by atoms with Crippen LogP contribution >= 0.6 is 23.2 Å². The molecule has 2 aromatic rings. The van der Waals surface area contributed by atoms with Crippen LogP contribution in [0.15, 0.2) is 18.2 Å². The van der Waals surface area contributed by atoms with Gasteiger partial charge >= 0.3 is 0 Å². The van der Waals surface area contributed by atoms with Gasteiger partial charge in [-0.3, -0.25) is 4.68 Å². The minimum absolute atomic E-state index is 0.357. The zero-order valence-corrected chi connectivity index (χ0v) is 13.0. The highest BCUT2D eigenvalue weighted by Gasteiger charge is 2.12. The van der Waals surface area contributed by atoms with Crippen LogP contribution < -0.4 is 10.5 Å². The quantitative estimate of drug-likeness (QED) is 0.922. The number of hydrogen-bond donors (Lipinski definition) is 1. The van der Waals surface area contributed by atoms with Crippen LogP contribution in [0, 0.1) is 6.92 Å². The predicted octanol–water partition coefficient (Wildman–Crippen LogP) is 3.12. The van der Waals surface area contributed by atoms with Gasteiger partial charge in [0, 0.05) is 12.1 Å². The molecular weight excluding hydrogens is 297 g/mol. The molecule has 1 aromatic carbocycles. The second-order valence-electron chi connectivity index (χ2n) is 4.55. The fourth-order valence-corrected chi connectivity index (χ4v) is 2.43. The molecule has 2 rings (SSSR count). The molecule has 0 aliphatic carbocycles. The summed E-state index contributed by atoms with van der Waals surface area (Å²) in [5.41, 5.74) is 8.24. The molecule has 0 unspecified atom stereocenters. The van der Waals surface area contributed by atoms with Gasteiger partial charge in [0.05, 0.1) is 16.4 Å². The normalized spacial score (nSPS) is 10.8. The van der Waals surface area contributed by atoms with Crippen LogP contribution in [0.2, 0.25) is 10.0 Å². The van der Waals surface area contributed by atoms with E-state index in [1.807, 2.05) is 26.1 Å². The van der Waals surface area contributed by atoms with Gasteiger partial charge in [-0.2, -0.15) is 5.10 Å². The Kier molecular flexibility index (Phi) is 4.91. The van der Waals surface area contributed by atoms with Crippen LogP contribution in [0.5, 0.6) is 5.75 Å². The summed E-state index contributed by atoms with van der Waals surface area (Å²) in [7, 11) is 1.85. The Bertz CT molecular complexity index is 611. The first-order chi connectivity index (χ1) is 9.52. The van der Waals surface area contributed by atoms with E-state index in [0.29, 0.717) is 29.6 Å². The van der Waals surface area contributed by atoms with E-state index in [1.54, 1.807) is 10.7 Å². The van der Waals surface area contributed by atoms with Gasteiger partial charge in [0.25, 0.3) is 0 Å². The molecule has 0 aliphatic rings. The Morgan fingerprint density at radius 1 is 1.35 bits per heavy atom. The van der Waals surface area contributed by atoms with Gasteiger partial charge in [0.2, 0.25) is 0 Å². The molecule has 0 saturated carbocycles. The summed E-state index contributed by atoms with van der Waals surface area (Å²) in [4.78, 5) is 0. The van der Waals surface area contributed by atoms with Gasteiger partial charge in [-0.05, 0) is 43.7 Å². The Morgan fingerprint density at radius 2 is 2.10 bits per heavy atom. The van der Waals surface area contributed by atoms with Gasteiger partial charge in [-0.15, -0.1) is 0 Å². The molecule has 20 heavy (non-hydrogen) atoms. The van der Waals surface area contributed by atoms with Crippen molar-refractivity contribution in [2.75, 3.05) is 6.54 Å². The zero-order chi connectivity index (χ0) is 14.7. The van der Waals surface area contributed by atoms with E-state index in [9.17, 15) is 0 Å². The lowest BCUT2D eigenvalue weighted by atomic mass is 10.1. The molecule has 0 fully saturated rings. The molecule has 0 radical (unpaired) electrons. The van der Waals surface area contributed by atoms with Crippen molar-refractivity contribution in [2.24, 2.45) is 12.8 Å². The minimum Gasteiger partial charge on any atom is -0.487 e. The highest BCUT2D eigenvalue weighted by molar-refractivity contribution is 6.31. The third-order valence-electron chi connectivity index (χ3n) is 3.06. The lowest BCUT2D eigenvalue weighted by Crippen LogP contribution is -2.07. The molecule has 4 nitrogen and oxygen atoms in total. The summed E-state index contributed by atoms with van der Waals surface area (Å²) in [5.74, 6) is 0.773. The Hall–Kier alpha value is -1.23. The van der Waals surface area contributed by atoms with Crippen LogP contribution in [0.4, 0.5) is 0 Å². The molecule has 108 valence electrons. The maximum Gasteiger partial charge on any atom is 0.131 e. The molecule has 1 aromatic heterocycles. The number of nitrogens with zero attached hydrogens (tertiary/aromatic N) is 2. The van der Waals surface area contributed by atoms with E-state index in [-0.39, 0.29) is 0 Å². The smallest absolute Gasteiger partial charge is 0.131 e. The summed E-state index contributed by atoms with van der Waals surface area (Å²) in [6, 6.07) is 5.53. The maximum atomic E-state index is 6.20.